The quantitative estimate of drug-likeness (QED) is 0.500. The van der Waals surface area contributed by atoms with Crippen molar-refractivity contribution in [2.45, 2.75) is 0 Å². The van der Waals surface area contributed by atoms with Crippen LogP contribution < -0.4 is 10.6 Å². The van der Waals surface area contributed by atoms with Gasteiger partial charge in [0.05, 0.1) is 21.6 Å². The van der Waals surface area contributed by atoms with Crippen molar-refractivity contribution in [2.75, 3.05) is 17.7 Å². The van der Waals surface area contributed by atoms with Crippen molar-refractivity contribution in [3.05, 3.63) is 73.1 Å². The summed E-state index contributed by atoms with van der Waals surface area (Å²) in [6, 6.07) is 21.0. The molecule has 0 spiro atoms. The van der Waals surface area contributed by atoms with Gasteiger partial charge in [0.2, 0.25) is 0 Å². The number of anilines is 3. The van der Waals surface area contributed by atoms with Crippen molar-refractivity contribution in [1.29, 1.82) is 0 Å². The predicted molar refractivity (Wildman–Crippen MR) is 104 cm³/mol. The maximum absolute atomic E-state index is 4.34. The standard InChI is InChI=1S/C20H17N3S/c1-21-20-11-17-18(12-22-13-19(17)24-20)23-16-9-7-15(8-10-16)14-5-3-2-4-6-14/h2-13,21,23H,1H3. The highest BCUT2D eigenvalue weighted by Crippen LogP contribution is 2.34. The molecule has 0 aliphatic carbocycles. The summed E-state index contributed by atoms with van der Waals surface area (Å²) in [6.07, 6.45) is 3.78. The highest BCUT2D eigenvalue weighted by molar-refractivity contribution is 7.22. The van der Waals surface area contributed by atoms with Crippen LogP contribution in [0.15, 0.2) is 73.1 Å². The molecule has 4 heteroatoms. The van der Waals surface area contributed by atoms with Gasteiger partial charge in [0, 0.05) is 24.3 Å². The molecule has 0 bridgehead atoms. The Morgan fingerprint density at radius 2 is 1.62 bits per heavy atom. The number of thiophene rings is 1. The van der Waals surface area contributed by atoms with Gasteiger partial charge in [-0.3, -0.25) is 4.98 Å². The highest BCUT2D eigenvalue weighted by Gasteiger charge is 2.07. The summed E-state index contributed by atoms with van der Waals surface area (Å²) in [6.45, 7) is 0. The Balaban J connectivity index is 1.63. The number of pyridine rings is 1. The summed E-state index contributed by atoms with van der Waals surface area (Å²) in [7, 11) is 1.94. The maximum atomic E-state index is 4.34. The van der Waals surface area contributed by atoms with Crippen molar-refractivity contribution in [1.82, 2.24) is 4.98 Å². The van der Waals surface area contributed by atoms with E-state index in [0.717, 1.165) is 16.4 Å². The molecule has 2 N–H and O–H groups in total. The largest absolute Gasteiger partial charge is 0.380 e. The Morgan fingerprint density at radius 3 is 2.38 bits per heavy atom. The topological polar surface area (TPSA) is 37.0 Å². The lowest BCUT2D eigenvalue weighted by atomic mass is 10.1. The Labute approximate surface area is 145 Å². The molecule has 0 amide bonds. The molecule has 2 heterocycles. The lowest BCUT2D eigenvalue weighted by Crippen LogP contribution is -1.91. The first-order valence-corrected chi connectivity index (χ1v) is 8.63. The Kier molecular flexibility index (Phi) is 3.89. The van der Waals surface area contributed by atoms with Crippen LogP contribution >= 0.6 is 11.3 Å². The third kappa shape index (κ3) is 2.84. The van der Waals surface area contributed by atoms with Crippen LogP contribution in [0.1, 0.15) is 0 Å². The van der Waals surface area contributed by atoms with Gasteiger partial charge in [0.1, 0.15) is 0 Å². The molecule has 24 heavy (non-hydrogen) atoms. The number of hydrogen-bond acceptors (Lipinski definition) is 4. The third-order valence-corrected chi connectivity index (χ3v) is 5.05. The molecular formula is C20H17N3S. The van der Waals surface area contributed by atoms with Crippen molar-refractivity contribution in [2.24, 2.45) is 0 Å². The second kappa shape index (κ2) is 6.34. The van der Waals surface area contributed by atoms with Crippen LogP contribution in [0.2, 0.25) is 0 Å². The van der Waals surface area contributed by atoms with Gasteiger partial charge in [-0.25, -0.2) is 0 Å². The van der Waals surface area contributed by atoms with Crippen LogP contribution in [-0.2, 0) is 0 Å². The average Bonchev–Trinajstić information content (AvgIpc) is 3.08. The second-order valence-electron chi connectivity index (χ2n) is 5.53. The normalized spacial score (nSPS) is 10.7. The molecule has 2 aromatic carbocycles. The summed E-state index contributed by atoms with van der Waals surface area (Å²) < 4.78 is 1.17. The van der Waals surface area contributed by atoms with Crippen LogP contribution in [0.5, 0.6) is 0 Å². The number of fused-ring (bicyclic) bond motifs is 1. The van der Waals surface area contributed by atoms with Gasteiger partial charge in [-0.15, -0.1) is 11.3 Å². The summed E-state index contributed by atoms with van der Waals surface area (Å²) in [4.78, 5) is 4.34. The van der Waals surface area contributed by atoms with E-state index < -0.39 is 0 Å². The second-order valence-corrected chi connectivity index (χ2v) is 6.61. The monoisotopic (exact) mass is 331 g/mol. The van der Waals surface area contributed by atoms with E-state index in [2.05, 4.69) is 70.2 Å². The van der Waals surface area contributed by atoms with E-state index in [1.807, 2.05) is 25.5 Å². The fourth-order valence-electron chi connectivity index (χ4n) is 2.72. The van der Waals surface area contributed by atoms with E-state index in [4.69, 9.17) is 0 Å². The van der Waals surface area contributed by atoms with Gasteiger partial charge in [0.15, 0.2) is 0 Å². The van der Waals surface area contributed by atoms with Gasteiger partial charge in [-0.2, -0.15) is 0 Å². The molecule has 0 saturated heterocycles. The van der Waals surface area contributed by atoms with Gasteiger partial charge in [-0.05, 0) is 29.3 Å². The minimum Gasteiger partial charge on any atom is -0.380 e. The highest BCUT2D eigenvalue weighted by atomic mass is 32.1. The number of hydrogen-bond donors (Lipinski definition) is 2. The molecule has 0 unspecified atom stereocenters. The van der Waals surface area contributed by atoms with Crippen molar-refractivity contribution >= 4 is 37.8 Å². The number of nitrogens with one attached hydrogen (secondary N) is 2. The van der Waals surface area contributed by atoms with Crippen LogP contribution in [0.4, 0.5) is 16.4 Å². The fourth-order valence-corrected chi connectivity index (χ4v) is 3.62. The van der Waals surface area contributed by atoms with Crippen LogP contribution in [0, 0.1) is 0 Å². The summed E-state index contributed by atoms with van der Waals surface area (Å²) in [5, 5.41) is 9.00. The van der Waals surface area contributed by atoms with Crippen LogP contribution in [0.25, 0.3) is 21.2 Å². The maximum Gasteiger partial charge on any atom is 0.0893 e. The number of nitrogens with zero attached hydrogens (tertiary/aromatic N) is 1. The van der Waals surface area contributed by atoms with E-state index in [9.17, 15) is 0 Å². The summed E-state index contributed by atoms with van der Waals surface area (Å²) >= 11 is 1.71. The van der Waals surface area contributed by atoms with E-state index in [1.54, 1.807) is 11.3 Å². The first-order chi connectivity index (χ1) is 11.8. The van der Waals surface area contributed by atoms with E-state index >= 15 is 0 Å². The lowest BCUT2D eigenvalue weighted by molar-refractivity contribution is 1.36. The van der Waals surface area contributed by atoms with Gasteiger partial charge in [-0.1, -0.05) is 42.5 Å². The molecule has 2 aromatic heterocycles. The zero-order valence-electron chi connectivity index (χ0n) is 13.3. The molecule has 4 aromatic rings. The minimum atomic E-state index is 1.03. The van der Waals surface area contributed by atoms with Gasteiger partial charge in [0.25, 0.3) is 0 Å². The van der Waals surface area contributed by atoms with Crippen molar-refractivity contribution < 1.29 is 0 Å². The van der Waals surface area contributed by atoms with Crippen LogP contribution in [0.3, 0.4) is 0 Å². The molecule has 4 rings (SSSR count). The van der Waals surface area contributed by atoms with Crippen LogP contribution in [-0.4, -0.2) is 12.0 Å². The minimum absolute atomic E-state index is 1.03. The molecule has 0 atom stereocenters. The fraction of sp³-hybridized carbons (Fsp3) is 0.0500. The number of aromatic nitrogens is 1. The summed E-state index contributed by atoms with van der Waals surface area (Å²) in [5.41, 5.74) is 4.52. The smallest absolute Gasteiger partial charge is 0.0893 e. The number of rotatable bonds is 4. The van der Waals surface area contributed by atoms with Crippen molar-refractivity contribution in [3.63, 3.8) is 0 Å². The Hall–Kier alpha value is -2.85. The summed E-state index contributed by atoms with van der Waals surface area (Å²) in [5.74, 6) is 0. The van der Waals surface area contributed by atoms with E-state index in [0.29, 0.717) is 0 Å². The predicted octanol–water partition coefficient (Wildman–Crippen LogP) is 5.75. The first kappa shape index (κ1) is 14.7. The average molecular weight is 331 g/mol. The number of benzene rings is 2. The molecule has 0 aliphatic rings. The van der Waals surface area contributed by atoms with Gasteiger partial charge >= 0.3 is 0 Å². The molecule has 0 fully saturated rings. The van der Waals surface area contributed by atoms with E-state index in [-0.39, 0.29) is 0 Å². The molecule has 0 saturated carbocycles. The molecular weight excluding hydrogens is 314 g/mol. The Bertz CT molecular complexity index is 959. The van der Waals surface area contributed by atoms with E-state index in [1.165, 1.54) is 21.2 Å². The van der Waals surface area contributed by atoms with Crippen molar-refractivity contribution in [3.8, 4) is 11.1 Å². The van der Waals surface area contributed by atoms with Gasteiger partial charge < -0.3 is 10.6 Å². The molecule has 118 valence electrons. The zero-order chi connectivity index (χ0) is 16.4. The SMILES string of the molecule is CNc1cc2c(Nc3ccc(-c4ccccc4)cc3)cncc2s1. The third-order valence-electron chi connectivity index (χ3n) is 3.96. The zero-order valence-corrected chi connectivity index (χ0v) is 14.1. The molecule has 0 radical (unpaired) electrons. The Morgan fingerprint density at radius 1 is 0.875 bits per heavy atom. The lowest BCUT2D eigenvalue weighted by Gasteiger charge is -2.08. The molecule has 3 nitrogen and oxygen atoms in total. The molecule has 0 aliphatic heterocycles. The first-order valence-electron chi connectivity index (χ1n) is 7.81.